The molecule has 0 atom stereocenters. The molecule has 3 rings (SSSR count). The lowest BCUT2D eigenvalue weighted by Gasteiger charge is -2.12. The maximum Gasteiger partial charge on any atom is 0.257 e. The predicted octanol–water partition coefficient (Wildman–Crippen LogP) is 2.15. The van der Waals surface area contributed by atoms with E-state index in [2.05, 4.69) is 22.8 Å². The molecule has 2 aromatic carbocycles. The third kappa shape index (κ3) is 5.05. The van der Waals surface area contributed by atoms with Crippen LogP contribution in [0.25, 0.3) is 0 Å². The van der Waals surface area contributed by atoms with Crippen LogP contribution in [0.2, 0.25) is 0 Å². The van der Waals surface area contributed by atoms with E-state index in [1.54, 1.807) is 7.05 Å². The highest BCUT2D eigenvalue weighted by atomic mass is 16.7. The summed E-state index contributed by atoms with van der Waals surface area (Å²) in [6.45, 7) is 2.70. The minimum absolute atomic E-state index is 0.0142. The zero-order valence-electron chi connectivity index (χ0n) is 14.9. The zero-order chi connectivity index (χ0) is 18.2. The van der Waals surface area contributed by atoms with Crippen LogP contribution in [0, 0.1) is 0 Å². The van der Waals surface area contributed by atoms with E-state index in [0.29, 0.717) is 19.8 Å². The smallest absolute Gasteiger partial charge is 0.257 e. The molecule has 0 bridgehead atoms. The predicted molar refractivity (Wildman–Crippen MR) is 97.6 cm³/mol. The lowest BCUT2D eigenvalue weighted by molar-refractivity contribution is -0.122. The van der Waals surface area contributed by atoms with Crippen LogP contribution < -0.4 is 15.4 Å². The Hall–Kier alpha value is -2.41. The molecule has 2 aromatic rings. The Bertz CT molecular complexity index is 712. The minimum Gasteiger partial charge on any atom is -0.483 e. The van der Waals surface area contributed by atoms with Gasteiger partial charge in [0.25, 0.3) is 5.91 Å². The van der Waals surface area contributed by atoms with Gasteiger partial charge < -0.3 is 24.8 Å². The normalized spacial score (nSPS) is 14.3. The molecule has 0 unspecified atom stereocenters. The molecule has 138 valence electrons. The number of likely N-dealkylation sites (N-methyl/N-ethyl adjacent to an activating group) is 1. The maximum absolute atomic E-state index is 11.3. The molecule has 1 amide bonds. The van der Waals surface area contributed by atoms with E-state index in [1.807, 2.05) is 36.4 Å². The summed E-state index contributed by atoms with van der Waals surface area (Å²) in [4.78, 5) is 11.3. The minimum atomic E-state index is -0.235. The van der Waals surface area contributed by atoms with Crippen molar-refractivity contribution < 1.29 is 19.0 Å². The molecule has 2 N–H and O–H groups in total. The van der Waals surface area contributed by atoms with Crippen LogP contribution in [0.4, 0.5) is 0 Å². The van der Waals surface area contributed by atoms with Gasteiger partial charge in [0.05, 0.1) is 13.2 Å². The maximum atomic E-state index is 11.3. The van der Waals surface area contributed by atoms with Crippen LogP contribution in [0.5, 0.6) is 5.75 Å². The average molecular weight is 356 g/mol. The number of para-hydroxylation sites is 1. The van der Waals surface area contributed by atoms with Crippen molar-refractivity contribution >= 4 is 5.91 Å². The van der Waals surface area contributed by atoms with Crippen molar-refractivity contribution in [2.45, 2.75) is 19.4 Å². The second-order valence-corrected chi connectivity index (χ2v) is 5.99. The van der Waals surface area contributed by atoms with E-state index in [-0.39, 0.29) is 18.8 Å². The van der Waals surface area contributed by atoms with E-state index in [9.17, 15) is 4.79 Å². The number of ether oxygens (including phenoxy) is 3. The molecule has 26 heavy (non-hydrogen) atoms. The van der Waals surface area contributed by atoms with Crippen LogP contribution in [0.15, 0.2) is 48.5 Å². The third-order valence-electron chi connectivity index (χ3n) is 4.13. The largest absolute Gasteiger partial charge is 0.483 e. The number of carbonyl (C=O) groups excluding carboxylic acids is 1. The van der Waals surface area contributed by atoms with Crippen molar-refractivity contribution in [2.24, 2.45) is 0 Å². The Kier molecular flexibility index (Phi) is 6.60. The highest BCUT2D eigenvalue weighted by Gasteiger charge is 2.17. The van der Waals surface area contributed by atoms with E-state index in [4.69, 9.17) is 14.2 Å². The molecule has 0 saturated carbocycles. The molecule has 6 heteroatoms. The molecule has 1 aliphatic heterocycles. The second kappa shape index (κ2) is 9.33. The Balaban J connectivity index is 1.50. The van der Waals surface area contributed by atoms with Gasteiger partial charge >= 0.3 is 0 Å². The number of carbonyl (C=O) groups is 1. The van der Waals surface area contributed by atoms with Crippen molar-refractivity contribution in [3.05, 3.63) is 65.2 Å². The van der Waals surface area contributed by atoms with Gasteiger partial charge in [-0.1, -0.05) is 42.5 Å². The van der Waals surface area contributed by atoms with Gasteiger partial charge in [-0.2, -0.15) is 0 Å². The highest BCUT2D eigenvalue weighted by Crippen LogP contribution is 2.23. The topological polar surface area (TPSA) is 68.8 Å². The summed E-state index contributed by atoms with van der Waals surface area (Å²) in [5, 5.41) is 5.95. The van der Waals surface area contributed by atoms with Crippen molar-refractivity contribution in [3.8, 4) is 5.75 Å². The summed E-state index contributed by atoms with van der Waals surface area (Å²) < 4.78 is 16.6. The van der Waals surface area contributed by atoms with Gasteiger partial charge in [0.2, 0.25) is 0 Å². The quantitative estimate of drug-likeness (QED) is 0.759. The van der Waals surface area contributed by atoms with Gasteiger partial charge in [0.15, 0.2) is 12.9 Å². The van der Waals surface area contributed by atoms with Gasteiger partial charge in [-0.3, -0.25) is 4.79 Å². The number of amides is 1. The molecule has 1 heterocycles. The summed E-state index contributed by atoms with van der Waals surface area (Å²) in [5.74, 6) is 0.567. The zero-order valence-corrected chi connectivity index (χ0v) is 14.9. The summed E-state index contributed by atoms with van der Waals surface area (Å²) in [5.41, 5.74) is 3.23. The molecule has 0 radical (unpaired) electrons. The van der Waals surface area contributed by atoms with Crippen LogP contribution >= 0.6 is 0 Å². The van der Waals surface area contributed by atoms with Crippen molar-refractivity contribution in [2.75, 3.05) is 26.9 Å². The van der Waals surface area contributed by atoms with E-state index in [1.165, 1.54) is 5.56 Å². The first kappa shape index (κ1) is 18.4. The van der Waals surface area contributed by atoms with Gasteiger partial charge in [-0.05, 0) is 11.6 Å². The average Bonchev–Trinajstić information content (AvgIpc) is 3.22. The van der Waals surface area contributed by atoms with Crippen LogP contribution in [0.1, 0.15) is 23.0 Å². The molecule has 0 spiro atoms. The Labute approximate surface area is 153 Å². The fourth-order valence-electron chi connectivity index (χ4n) is 2.69. The molecule has 1 aliphatic rings. The van der Waals surface area contributed by atoms with Gasteiger partial charge in [-0.25, -0.2) is 0 Å². The Morgan fingerprint density at radius 1 is 1.08 bits per heavy atom. The van der Waals surface area contributed by atoms with Gasteiger partial charge in [0, 0.05) is 31.3 Å². The first-order chi connectivity index (χ1) is 12.8. The van der Waals surface area contributed by atoms with E-state index < -0.39 is 0 Å². The molecule has 1 saturated heterocycles. The number of hydrogen-bond donors (Lipinski definition) is 2. The van der Waals surface area contributed by atoms with Crippen molar-refractivity contribution in [1.82, 2.24) is 10.6 Å². The second-order valence-electron chi connectivity index (χ2n) is 5.99. The number of nitrogens with one attached hydrogen (secondary N) is 2. The molecule has 0 aromatic heterocycles. The summed E-state index contributed by atoms with van der Waals surface area (Å²) in [6, 6.07) is 15.9. The highest BCUT2D eigenvalue weighted by molar-refractivity contribution is 5.77. The summed E-state index contributed by atoms with van der Waals surface area (Å²) in [6.07, 6.45) is -0.235. The molecule has 1 fully saturated rings. The van der Waals surface area contributed by atoms with Gasteiger partial charge in [-0.15, -0.1) is 0 Å². The summed E-state index contributed by atoms with van der Waals surface area (Å²) >= 11 is 0. The van der Waals surface area contributed by atoms with E-state index in [0.717, 1.165) is 23.4 Å². The first-order valence-electron chi connectivity index (χ1n) is 8.70. The fraction of sp³-hybridized carbons (Fsp3) is 0.350. The molecular formula is C20H24N2O4. The number of hydrogen-bond acceptors (Lipinski definition) is 5. The first-order valence-corrected chi connectivity index (χ1v) is 8.70. The molecule has 6 nitrogen and oxygen atoms in total. The van der Waals surface area contributed by atoms with E-state index >= 15 is 0 Å². The lowest BCUT2D eigenvalue weighted by atomic mass is 10.1. The van der Waals surface area contributed by atoms with Crippen molar-refractivity contribution in [3.63, 3.8) is 0 Å². The fourth-order valence-corrected chi connectivity index (χ4v) is 2.69. The lowest BCUT2D eigenvalue weighted by Crippen LogP contribution is -2.25. The Morgan fingerprint density at radius 2 is 1.81 bits per heavy atom. The number of rotatable bonds is 8. The monoisotopic (exact) mass is 356 g/mol. The SMILES string of the molecule is CNC(=O)COc1ccccc1CNCc1ccc(C2OCCO2)cc1. The van der Waals surface area contributed by atoms with Crippen molar-refractivity contribution in [1.29, 1.82) is 0 Å². The molecule has 0 aliphatic carbocycles. The standard InChI is InChI=1S/C20H24N2O4/c1-21-19(23)14-26-18-5-3-2-4-17(18)13-22-12-15-6-8-16(9-7-15)20-24-10-11-25-20/h2-9,20,22H,10-14H2,1H3,(H,21,23). The third-order valence-corrected chi connectivity index (χ3v) is 4.13. The summed E-state index contributed by atoms with van der Waals surface area (Å²) in [7, 11) is 1.59. The van der Waals surface area contributed by atoms with Crippen LogP contribution in [-0.2, 0) is 27.4 Å². The van der Waals surface area contributed by atoms with Crippen LogP contribution in [0.3, 0.4) is 0 Å². The number of benzene rings is 2. The van der Waals surface area contributed by atoms with Crippen LogP contribution in [-0.4, -0.2) is 32.8 Å². The Morgan fingerprint density at radius 3 is 2.54 bits per heavy atom. The van der Waals surface area contributed by atoms with Gasteiger partial charge in [0.1, 0.15) is 5.75 Å². The molecular weight excluding hydrogens is 332 g/mol.